The number of nitrogens with zero attached hydrogens (tertiary/aromatic N) is 1. The standard InChI is InChI=1S/C29H26N2O5S/c1-3-22(28(33)31-29-21(16-30)19-8-5-7-11-24(19)37-29)35-27-25(32)20-9-4-6-10-23(20)36-26(27)17-12-14-18(34-2)15-13-17/h4,6,9-10,12-15,22H,3,5,7-8,11H2,1-2H3,(H,31,33). The van der Waals surface area contributed by atoms with E-state index < -0.39 is 12.0 Å². The van der Waals surface area contributed by atoms with Gasteiger partial charge in [-0.1, -0.05) is 19.1 Å². The minimum Gasteiger partial charge on any atom is -0.497 e. The van der Waals surface area contributed by atoms with E-state index >= 15 is 0 Å². The van der Waals surface area contributed by atoms with E-state index in [4.69, 9.17) is 13.9 Å². The Morgan fingerprint density at radius 1 is 1.16 bits per heavy atom. The molecule has 2 heterocycles. The van der Waals surface area contributed by atoms with Crippen molar-refractivity contribution in [2.45, 2.75) is 45.1 Å². The molecule has 0 saturated heterocycles. The van der Waals surface area contributed by atoms with Crippen LogP contribution >= 0.6 is 11.3 Å². The van der Waals surface area contributed by atoms with Crippen molar-refractivity contribution in [3.8, 4) is 28.9 Å². The molecule has 0 aliphatic heterocycles. The molecule has 1 aliphatic carbocycles. The highest BCUT2D eigenvalue weighted by Crippen LogP contribution is 2.38. The summed E-state index contributed by atoms with van der Waals surface area (Å²) in [6, 6.07) is 16.3. The molecule has 0 fully saturated rings. The number of benzene rings is 2. The van der Waals surface area contributed by atoms with Crippen molar-refractivity contribution in [2.24, 2.45) is 0 Å². The number of nitrogens with one attached hydrogen (secondary N) is 1. The van der Waals surface area contributed by atoms with E-state index in [1.54, 1.807) is 55.6 Å². The predicted molar refractivity (Wildman–Crippen MR) is 143 cm³/mol. The zero-order valence-electron chi connectivity index (χ0n) is 20.6. The third-order valence-corrected chi connectivity index (χ3v) is 7.76. The number of nitriles is 1. The number of para-hydroxylation sites is 1. The molecule has 2 aromatic heterocycles. The Hall–Kier alpha value is -4.09. The van der Waals surface area contributed by atoms with E-state index in [0.717, 1.165) is 36.1 Å². The highest BCUT2D eigenvalue weighted by Gasteiger charge is 2.28. The fourth-order valence-electron chi connectivity index (χ4n) is 4.59. The summed E-state index contributed by atoms with van der Waals surface area (Å²) in [5, 5.41) is 13.6. The monoisotopic (exact) mass is 514 g/mol. The van der Waals surface area contributed by atoms with Crippen LogP contribution in [0.3, 0.4) is 0 Å². The first-order chi connectivity index (χ1) is 18.0. The summed E-state index contributed by atoms with van der Waals surface area (Å²) in [7, 11) is 1.58. The fourth-order valence-corrected chi connectivity index (χ4v) is 5.84. The third-order valence-electron chi connectivity index (χ3n) is 6.55. The number of methoxy groups -OCH3 is 1. The SMILES string of the molecule is CCC(Oc1c(-c2ccc(OC)cc2)oc2ccccc2c1=O)C(=O)Nc1sc2c(c1C#N)CCCC2. The number of fused-ring (bicyclic) bond motifs is 2. The molecule has 2 aromatic carbocycles. The first kappa shape index (κ1) is 24.6. The number of aryl methyl sites for hydroxylation is 1. The number of carbonyl (C=O) groups is 1. The van der Waals surface area contributed by atoms with Crippen LogP contribution in [-0.4, -0.2) is 19.1 Å². The number of carbonyl (C=O) groups excluding carboxylic acids is 1. The largest absolute Gasteiger partial charge is 0.497 e. The van der Waals surface area contributed by atoms with Gasteiger partial charge in [0, 0.05) is 10.4 Å². The Bertz CT molecular complexity index is 1560. The summed E-state index contributed by atoms with van der Waals surface area (Å²) in [5.74, 6) is 0.455. The molecule has 0 saturated carbocycles. The Kier molecular flexibility index (Phi) is 6.97. The Morgan fingerprint density at radius 2 is 1.92 bits per heavy atom. The number of rotatable bonds is 7. The highest BCUT2D eigenvalue weighted by molar-refractivity contribution is 7.16. The molecule has 7 nitrogen and oxygen atoms in total. The molecule has 37 heavy (non-hydrogen) atoms. The number of amides is 1. The maximum absolute atomic E-state index is 13.5. The van der Waals surface area contributed by atoms with Gasteiger partial charge in [0.25, 0.3) is 5.91 Å². The van der Waals surface area contributed by atoms with Gasteiger partial charge in [0.05, 0.1) is 18.1 Å². The van der Waals surface area contributed by atoms with Crippen LogP contribution in [0.2, 0.25) is 0 Å². The van der Waals surface area contributed by atoms with Gasteiger partial charge in [0.2, 0.25) is 11.2 Å². The van der Waals surface area contributed by atoms with E-state index in [0.29, 0.717) is 39.3 Å². The zero-order chi connectivity index (χ0) is 25.9. The summed E-state index contributed by atoms with van der Waals surface area (Å²) < 4.78 is 17.5. The Morgan fingerprint density at radius 3 is 2.65 bits per heavy atom. The second-order valence-corrected chi connectivity index (χ2v) is 9.95. The lowest BCUT2D eigenvalue weighted by Gasteiger charge is -2.19. The van der Waals surface area contributed by atoms with Gasteiger partial charge in [-0.3, -0.25) is 9.59 Å². The van der Waals surface area contributed by atoms with E-state index in [2.05, 4.69) is 11.4 Å². The molecule has 1 aliphatic rings. The molecule has 0 spiro atoms. The first-order valence-electron chi connectivity index (χ1n) is 12.3. The van der Waals surface area contributed by atoms with Crippen molar-refractivity contribution in [3.05, 3.63) is 74.8 Å². The average molecular weight is 515 g/mol. The molecule has 1 atom stereocenters. The lowest BCUT2D eigenvalue weighted by Crippen LogP contribution is -2.34. The summed E-state index contributed by atoms with van der Waals surface area (Å²) in [5.41, 5.74) is 2.26. The van der Waals surface area contributed by atoms with Crippen LogP contribution in [0.5, 0.6) is 11.5 Å². The van der Waals surface area contributed by atoms with Crippen molar-refractivity contribution in [1.82, 2.24) is 0 Å². The van der Waals surface area contributed by atoms with Crippen LogP contribution in [0.25, 0.3) is 22.3 Å². The molecule has 5 rings (SSSR count). The average Bonchev–Trinajstić information content (AvgIpc) is 3.29. The van der Waals surface area contributed by atoms with Crippen LogP contribution in [0, 0.1) is 11.3 Å². The van der Waals surface area contributed by atoms with Crippen LogP contribution in [0.4, 0.5) is 5.00 Å². The Balaban J connectivity index is 1.51. The molecular formula is C29H26N2O5S. The van der Waals surface area contributed by atoms with Crippen molar-refractivity contribution in [1.29, 1.82) is 5.26 Å². The maximum Gasteiger partial charge on any atom is 0.266 e. The molecule has 4 aromatic rings. The minimum absolute atomic E-state index is 0.0307. The van der Waals surface area contributed by atoms with Crippen molar-refractivity contribution in [2.75, 3.05) is 12.4 Å². The third kappa shape index (κ3) is 4.70. The maximum atomic E-state index is 13.5. The second kappa shape index (κ2) is 10.5. The highest BCUT2D eigenvalue weighted by atomic mass is 32.1. The lowest BCUT2D eigenvalue weighted by molar-refractivity contribution is -0.122. The second-order valence-electron chi connectivity index (χ2n) is 8.84. The summed E-state index contributed by atoms with van der Waals surface area (Å²) in [4.78, 5) is 28.0. The van der Waals surface area contributed by atoms with Gasteiger partial charge in [-0.15, -0.1) is 11.3 Å². The van der Waals surface area contributed by atoms with Crippen LogP contribution < -0.4 is 20.2 Å². The van der Waals surface area contributed by atoms with Crippen LogP contribution in [0.1, 0.15) is 42.2 Å². The smallest absolute Gasteiger partial charge is 0.266 e. The molecular weight excluding hydrogens is 488 g/mol. The van der Waals surface area contributed by atoms with E-state index in [1.807, 2.05) is 6.92 Å². The molecule has 0 bridgehead atoms. The molecule has 0 radical (unpaired) electrons. The van der Waals surface area contributed by atoms with E-state index in [-0.39, 0.29) is 16.9 Å². The quantitative estimate of drug-likeness (QED) is 0.321. The summed E-state index contributed by atoms with van der Waals surface area (Å²) >= 11 is 1.46. The normalized spacial score (nSPS) is 13.4. The molecule has 1 N–H and O–H groups in total. The van der Waals surface area contributed by atoms with E-state index in [1.165, 1.54) is 11.3 Å². The summed E-state index contributed by atoms with van der Waals surface area (Å²) in [6.07, 6.45) is 3.24. The van der Waals surface area contributed by atoms with Gasteiger partial charge < -0.3 is 19.2 Å². The fraction of sp³-hybridized carbons (Fsp3) is 0.276. The molecule has 1 amide bonds. The van der Waals surface area contributed by atoms with Gasteiger partial charge in [-0.2, -0.15) is 5.26 Å². The number of thiophene rings is 1. The van der Waals surface area contributed by atoms with Crippen LogP contribution in [0.15, 0.2) is 57.7 Å². The van der Waals surface area contributed by atoms with Gasteiger partial charge in [-0.05, 0) is 74.1 Å². The first-order valence-corrected chi connectivity index (χ1v) is 13.1. The Labute approximate surface area is 218 Å². The van der Waals surface area contributed by atoms with Gasteiger partial charge in [-0.25, -0.2) is 0 Å². The van der Waals surface area contributed by atoms with Gasteiger partial charge >= 0.3 is 0 Å². The van der Waals surface area contributed by atoms with Crippen molar-refractivity contribution < 1.29 is 18.7 Å². The molecule has 188 valence electrons. The molecule has 8 heteroatoms. The number of hydrogen-bond acceptors (Lipinski definition) is 7. The van der Waals surface area contributed by atoms with E-state index in [9.17, 15) is 14.9 Å². The zero-order valence-corrected chi connectivity index (χ0v) is 21.4. The van der Waals surface area contributed by atoms with Gasteiger partial charge in [0.1, 0.15) is 22.4 Å². The van der Waals surface area contributed by atoms with Gasteiger partial charge in [0.15, 0.2) is 11.9 Å². The minimum atomic E-state index is -0.966. The van der Waals surface area contributed by atoms with Crippen molar-refractivity contribution in [3.63, 3.8) is 0 Å². The number of ether oxygens (including phenoxy) is 2. The predicted octanol–water partition coefficient (Wildman–Crippen LogP) is 6.08. The number of anilines is 1. The topological polar surface area (TPSA) is 102 Å². The number of hydrogen-bond donors (Lipinski definition) is 1. The summed E-state index contributed by atoms with van der Waals surface area (Å²) in [6.45, 7) is 1.81. The lowest BCUT2D eigenvalue weighted by atomic mass is 9.96. The van der Waals surface area contributed by atoms with Crippen molar-refractivity contribution >= 4 is 33.2 Å². The molecule has 1 unspecified atom stereocenters. The van der Waals surface area contributed by atoms with Crippen LogP contribution in [-0.2, 0) is 17.6 Å².